The standard InChI is InChI=1S/C8H13N3O2/c1-9-4-7(12)6-3-11-8(13-2)5-10-6/h3,5,7,9,12H,4H2,1-2H3. The quantitative estimate of drug-likeness (QED) is 0.673. The fourth-order valence-corrected chi connectivity index (χ4v) is 0.902. The molecule has 0 radical (unpaired) electrons. The monoisotopic (exact) mass is 183 g/mol. The molecule has 1 unspecified atom stereocenters. The predicted molar refractivity (Wildman–Crippen MR) is 47.5 cm³/mol. The lowest BCUT2D eigenvalue weighted by atomic mass is 10.2. The van der Waals surface area contributed by atoms with E-state index >= 15 is 0 Å². The lowest BCUT2D eigenvalue weighted by Gasteiger charge is -2.08. The Morgan fingerprint density at radius 2 is 2.31 bits per heavy atom. The Bertz CT molecular complexity index is 250. The minimum Gasteiger partial charge on any atom is -0.480 e. The Hall–Kier alpha value is -1.20. The van der Waals surface area contributed by atoms with Crippen molar-refractivity contribution in [1.82, 2.24) is 15.3 Å². The number of aliphatic hydroxyl groups is 1. The molecule has 0 fully saturated rings. The molecule has 0 aromatic carbocycles. The first-order valence-corrected chi connectivity index (χ1v) is 3.96. The minimum atomic E-state index is -0.622. The second kappa shape index (κ2) is 4.74. The zero-order chi connectivity index (χ0) is 9.68. The third kappa shape index (κ3) is 2.64. The van der Waals surface area contributed by atoms with Crippen LogP contribution < -0.4 is 10.1 Å². The number of likely N-dealkylation sites (N-methyl/N-ethyl adjacent to an activating group) is 1. The molecule has 0 amide bonds. The van der Waals surface area contributed by atoms with E-state index in [1.807, 2.05) is 0 Å². The second-order valence-electron chi connectivity index (χ2n) is 2.56. The van der Waals surface area contributed by atoms with Crippen molar-refractivity contribution in [2.45, 2.75) is 6.10 Å². The van der Waals surface area contributed by atoms with Gasteiger partial charge in [-0.15, -0.1) is 0 Å². The SMILES string of the molecule is CNCC(O)c1cnc(OC)cn1. The predicted octanol–water partition coefficient (Wildman–Crippen LogP) is -0.262. The highest BCUT2D eigenvalue weighted by atomic mass is 16.5. The maximum Gasteiger partial charge on any atom is 0.231 e. The van der Waals surface area contributed by atoms with Crippen LogP contribution in [0.15, 0.2) is 12.4 Å². The summed E-state index contributed by atoms with van der Waals surface area (Å²) in [5.41, 5.74) is 0.537. The molecule has 1 aromatic heterocycles. The fraction of sp³-hybridized carbons (Fsp3) is 0.500. The highest BCUT2D eigenvalue weighted by Gasteiger charge is 2.07. The van der Waals surface area contributed by atoms with Crippen molar-refractivity contribution in [2.24, 2.45) is 0 Å². The van der Waals surface area contributed by atoms with Crippen LogP contribution in [0.2, 0.25) is 0 Å². The van der Waals surface area contributed by atoms with Crippen molar-refractivity contribution >= 4 is 0 Å². The molecular formula is C8H13N3O2. The van der Waals surface area contributed by atoms with Gasteiger partial charge in [-0.2, -0.15) is 0 Å². The summed E-state index contributed by atoms with van der Waals surface area (Å²) in [5.74, 6) is 0.445. The molecule has 0 aliphatic carbocycles. The summed E-state index contributed by atoms with van der Waals surface area (Å²) >= 11 is 0. The number of rotatable bonds is 4. The third-order valence-corrected chi connectivity index (χ3v) is 1.60. The maximum absolute atomic E-state index is 9.48. The smallest absolute Gasteiger partial charge is 0.231 e. The van der Waals surface area contributed by atoms with E-state index < -0.39 is 6.10 Å². The van der Waals surface area contributed by atoms with Crippen LogP contribution in [0, 0.1) is 0 Å². The van der Waals surface area contributed by atoms with Gasteiger partial charge in [0.25, 0.3) is 0 Å². The number of hydrogen-bond donors (Lipinski definition) is 2. The number of methoxy groups -OCH3 is 1. The van der Waals surface area contributed by atoms with Crippen molar-refractivity contribution < 1.29 is 9.84 Å². The van der Waals surface area contributed by atoms with Crippen LogP contribution in [0.3, 0.4) is 0 Å². The molecule has 2 N–H and O–H groups in total. The van der Waals surface area contributed by atoms with E-state index in [2.05, 4.69) is 15.3 Å². The summed E-state index contributed by atoms with van der Waals surface area (Å²) in [6.45, 7) is 0.459. The van der Waals surface area contributed by atoms with E-state index in [1.165, 1.54) is 19.5 Å². The van der Waals surface area contributed by atoms with E-state index in [0.717, 1.165) is 0 Å². The molecule has 5 heteroatoms. The summed E-state index contributed by atoms with van der Waals surface area (Å²) < 4.78 is 4.84. The average molecular weight is 183 g/mol. The van der Waals surface area contributed by atoms with E-state index in [1.54, 1.807) is 7.05 Å². The topological polar surface area (TPSA) is 67.3 Å². The number of nitrogens with zero attached hydrogens (tertiary/aromatic N) is 2. The molecule has 13 heavy (non-hydrogen) atoms. The highest BCUT2D eigenvalue weighted by molar-refractivity contribution is 5.08. The van der Waals surface area contributed by atoms with Crippen molar-refractivity contribution in [3.63, 3.8) is 0 Å². The van der Waals surface area contributed by atoms with Gasteiger partial charge in [-0.1, -0.05) is 0 Å². The van der Waals surface area contributed by atoms with Gasteiger partial charge >= 0.3 is 0 Å². The number of nitrogens with one attached hydrogen (secondary N) is 1. The first-order chi connectivity index (χ1) is 6.27. The Labute approximate surface area is 76.8 Å². The molecule has 5 nitrogen and oxygen atoms in total. The van der Waals surface area contributed by atoms with Crippen molar-refractivity contribution in [3.8, 4) is 5.88 Å². The van der Waals surface area contributed by atoms with Gasteiger partial charge in [0.15, 0.2) is 0 Å². The summed E-state index contributed by atoms with van der Waals surface area (Å²) in [6.07, 6.45) is 2.36. The Kier molecular flexibility index (Phi) is 3.60. The Morgan fingerprint density at radius 1 is 1.54 bits per heavy atom. The van der Waals surface area contributed by atoms with E-state index in [-0.39, 0.29) is 0 Å². The molecule has 1 atom stereocenters. The highest BCUT2D eigenvalue weighted by Crippen LogP contribution is 2.09. The summed E-state index contributed by atoms with van der Waals surface area (Å²) in [4.78, 5) is 7.92. The van der Waals surface area contributed by atoms with Gasteiger partial charge in [-0.3, -0.25) is 4.98 Å². The molecule has 0 saturated heterocycles. The van der Waals surface area contributed by atoms with Gasteiger partial charge in [0.2, 0.25) is 5.88 Å². The number of ether oxygens (including phenoxy) is 1. The zero-order valence-corrected chi connectivity index (χ0v) is 7.69. The van der Waals surface area contributed by atoms with Crippen LogP contribution in [-0.2, 0) is 0 Å². The first-order valence-electron chi connectivity index (χ1n) is 3.96. The van der Waals surface area contributed by atoms with Gasteiger partial charge in [0, 0.05) is 6.54 Å². The molecule has 1 heterocycles. The van der Waals surface area contributed by atoms with Crippen LogP contribution in [0.1, 0.15) is 11.8 Å². The van der Waals surface area contributed by atoms with Crippen LogP contribution in [0.5, 0.6) is 5.88 Å². The molecule has 1 aromatic rings. The van der Waals surface area contributed by atoms with Gasteiger partial charge in [0.05, 0.1) is 25.2 Å². The number of aliphatic hydroxyl groups excluding tert-OH is 1. The summed E-state index contributed by atoms with van der Waals surface area (Å²) in [5, 5.41) is 12.3. The average Bonchev–Trinajstić information content (AvgIpc) is 2.18. The molecule has 0 aliphatic heterocycles. The largest absolute Gasteiger partial charge is 0.480 e. The first kappa shape index (κ1) is 9.88. The van der Waals surface area contributed by atoms with Crippen LogP contribution in [0.25, 0.3) is 0 Å². The molecule has 0 saturated carbocycles. The lowest BCUT2D eigenvalue weighted by molar-refractivity contribution is 0.172. The molecule has 72 valence electrons. The van der Waals surface area contributed by atoms with Gasteiger partial charge < -0.3 is 15.2 Å². The third-order valence-electron chi connectivity index (χ3n) is 1.60. The lowest BCUT2D eigenvalue weighted by Crippen LogP contribution is -2.17. The summed E-state index contributed by atoms with van der Waals surface area (Å²) in [6, 6.07) is 0. The van der Waals surface area contributed by atoms with E-state index in [0.29, 0.717) is 18.1 Å². The van der Waals surface area contributed by atoms with Crippen LogP contribution in [0.4, 0.5) is 0 Å². The van der Waals surface area contributed by atoms with E-state index in [9.17, 15) is 5.11 Å². The maximum atomic E-state index is 9.48. The van der Waals surface area contributed by atoms with E-state index in [4.69, 9.17) is 4.74 Å². The van der Waals surface area contributed by atoms with Crippen LogP contribution in [-0.4, -0.2) is 35.8 Å². The summed E-state index contributed by atoms with van der Waals surface area (Å²) in [7, 11) is 3.29. The Morgan fingerprint density at radius 3 is 2.77 bits per heavy atom. The van der Waals surface area contributed by atoms with Crippen LogP contribution >= 0.6 is 0 Å². The molecular weight excluding hydrogens is 170 g/mol. The Balaban J connectivity index is 2.67. The zero-order valence-electron chi connectivity index (χ0n) is 7.69. The molecule has 0 spiro atoms. The van der Waals surface area contributed by atoms with Gasteiger partial charge in [-0.05, 0) is 7.05 Å². The molecule has 0 aliphatic rings. The van der Waals surface area contributed by atoms with Gasteiger partial charge in [0.1, 0.15) is 6.10 Å². The van der Waals surface area contributed by atoms with Crippen molar-refractivity contribution in [2.75, 3.05) is 20.7 Å². The minimum absolute atomic E-state index is 0.445. The normalized spacial score (nSPS) is 12.5. The fourth-order valence-electron chi connectivity index (χ4n) is 0.902. The van der Waals surface area contributed by atoms with Crippen molar-refractivity contribution in [1.29, 1.82) is 0 Å². The van der Waals surface area contributed by atoms with Gasteiger partial charge in [-0.25, -0.2) is 4.98 Å². The van der Waals surface area contributed by atoms with Crippen molar-refractivity contribution in [3.05, 3.63) is 18.1 Å². The number of hydrogen-bond acceptors (Lipinski definition) is 5. The number of aromatic nitrogens is 2. The molecule has 0 bridgehead atoms. The molecule has 1 rings (SSSR count). The second-order valence-corrected chi connectivity index (χ2v) is 2.56.